The Morgan fingerprint density at radius 3 is 2.93 bits per heavy atom. The lowest BCUT2D eigenvalue weighted by molar-refractivity contribution is -0.129. The van der Waals surface area contributed by atoms with Crippen molar-refractivity contribution in [2.45, 2.75) is 45.3 Å². The van der Waals surface area contributed by atoms with E-state index in [-0.39, 0.29) is 23.8 Å². The maximum Gasteiger partial charge on any atom is 0.242 e. The number of aryl methyl sites for hydroxylation is 1. The molecule has 1 saturated heterocycles. The first-order valence-corrected chi connectivity index (χ1v) is 9.56. The van der Waals surface area contributed by atoms with Crippen molar-refractivity contribution in [3.63, 3.8) is 0 Å². The number of rotatable bonds is 7. The van der Waals surface area contributed by atoms with Gasteiger partial charge in [0.1, 0.15) is 25.5 Å². The molecule has 2 radical (unpaired) electrons. The van der Waals surface area contributed by atoms with Crippen LogP contribution in [0, 0.1) is 12.8 Å². The summed E-state index contributed by atoms with van der Waals surface area (Å²) in [7, 11) is 5.56. The third kappa shape index (κ3) is 5.57. The number of pyridine rings is 1. The first-order chi connectivity index (χ1) is 13.8. The van der Waals surface area contributed by atoms with Gasteiger partial charge in [-0.2, -0.15) is 0 Å². The molecule has 10 heteroatoms. The van der Waals surface area contributed by atoms with E-state index in [1.807, 2.05) is 13.0 Å². The molecule has 9 nitrogen and oxygen atoms in total. The molecule has 29 heavy (non-hydrogen) atoms. The fraction of sp³-hybridized carbons (Fsp3) is 0.474. The van der Waals surface area contributed by atoms with Crippen molar-refractivity contribution in [2.24, 2.45) is 5.92 Å². The fourth-order valence-electron chi connectivity index (χ4n) is 3.38. The number of nitrogens with one attached hydrogen (secondary N) is 3. The predicted octanol–water partition coefficient (Wildman–Crippen LogP) is -0.904. The molecule has 0 aliphatic carbocycles. The van der Waals surface area contributed by atoms with E-state index in [4.69, 9.17) is 18.1 Å². The van der Waals surface area contributed by atoms with E-state index >= 15 is 0 Å². The number of hydrogen-bond acceptors (Lipinski definition) is 7. The van der Waals surface area contributed by atoms with Gasteiger partial charge in [-0.25, -0.2) is 4.98 Å². The minimum Gasteiger partial charge on any atom is -0.384 e. The number of amides is 2. The van der Waals surface area contributed by atoms with Crippen LogP contribution in [0.5, 0.6) is 0 Å². The summed E-state index contributed by atoms with van der Waals surface area (Å²) in [6, 6.07) is 4.21. The number of hydrogen-bond donors (Lipinski definition) is 4. The second-order valence-electron chi connectivity index (χ2n) is 7.41. The Morgan fingerprint density at radius 1 is 1.45 bits per heavy atom. The molecule has 1 fully saturated rings. The number of anilines is 1. The van der Waals surface area contributed by atoms with Crippen LogP contribution in [0.1, 0.15) is 30.4 Å². The molecule has 1 aliphatic heterocycles. The van der Waals surface area contributed by atoms with Crippen molar-refractivity contribution in [3.8, 4) is 0 Å². The Hall–Kier alpha value is -2.88. The minimum atomic E-state index is -0.653. The first kappa shape index (κ1) is 20.8. The van der Waals surface area contributed by atoms with Crippen molar-refractivity contribution in [3.05, 3.63) is 35.2 Å². The fourth-order valence-corrected chi connectivity index (χ4v) is 3.38. The zero-order chi connectivity index (χ0) is 21.0. The molecule has 0 aromatic carbocycles. The van der Waals surface area contributed by atoms with E-state index in [1.165, 1.54) is 0 Å². The topological polar surface area (TPSA) is 135 Å². The first-order valence-electron chi connectivity index (χ1n) is 9.56. The van der Waals surface area contributed by atoms with Gasteiger partial charge in [0.05, 0.1) is 6.04 Å². The molecule has 3 heterocycles. The summed E-state index contributed by atoms with van der Waals surface area (Å²) in [5.74, 6) is 0.921. The largest absolute Gasteiger partial charge is 0.384 e. The SMILES string of the molecule is [B]c1cc(C[C@@H]2CN[C@@H](C(=O)N[C@@H](C)C(=O)NCc3ccc(N)nc3C)C2)on1. The van der Waals surface area contributed by atoms with Crippen LogP contribution in [0.3, 0.4) is 0 Å². The lowest BCUT2D eigenvalue weighted by Crippen LogP contribution is -2.50. The number of nitrogen functional groups attached to an aromatic ring is 1. The molecular formula is C19H25BN6O3. The summed E-state index contributed by atoms with van der Waals surface area (Å²) in [6.45, 7) is 4.49. The molecule has 3 atom stereocenters. The average molecular weight is 396 g/mol. The Kier molecular flexibility index (Phi) is 6.53. The Labute approximate surface area is 170 Å². The predicted molar refractivity (Wildman–Crippen MR) is 108 cm³/mol. The molecule has 0 saturated carbocycles. The zero-order valence-corrected chi connectivity index (χ0v) is 16.6. The van der Waals surface area contributed by atoms with Crippen molar-refractivity contribution in [1.29, 1.82) is 0 Å². The summed E-state index contributed by atoms with van der Waals surface area (Å²) in [5, 5.41) is 12.4. The van der Waals surface area contributed by atoms with Crippen LogP contribution in [0.15, 0.2) is 22.7 Å². The monoisotopic (exact) mass is 396 g/mol. The standard InChI is InChI=1S/C19H25BN6O3/c1-10-13(3-4-17(21)24-10)9-23-18(27)11(2)25-19(28)15-6-12(8-22-15)5-14-7-16(20)26-29-14/h3-4,7,11-12,15,22H,5-6,8-9H2,1-2H3,(H2,21,24)(H,23,27)(H,25,28)/t11-,12-,15+/m0/s1. The van der Waals surface area contributed by atoms with E-state index in [9.17, 15) is 9.59 Å². The molecule has 152 valence electrons. The number of nitrogens with two attached hydrogens (primary N) is 1. The number of aromatic nitrogens is 2. The van der Waals surface area contributed by atoms with Crippen LogP contribution in [-0.2, 0) is 22.6 Å². The summed E-state index contributed by atoms with van der Waals surface area (Å²) in [6.07, 6.45) is 1.31. The minimum absolute atomic E-state index is 0.197. The van der Waals surface area contributed by atoms with Crippen LogP contribution >= 0.6 is 0 Å². The molecule has 2 aromatic rings. The summed E-state index contributed by atoms with van der Waals surface area (Å²) >= 11 is 0. The van der Waals surface area contributed by atoms with Crippen LogP contribution < -0.4 is 27.3 Å². The van der Waals surface area contributed by atoms with Crippen LogP contribution in [-0.4, -0.2) is 48.4 Å². The van der Waals surface area contributed by atoms with Gasteiger partial charge < -0.3 is 26.2 Å². The summed E-state index contributed by atoms with van der Waals surface area (Å²) < 4.78 is 5.13. The molecule has 0 unspecified atom stereocenters. The maximum atomic E-state index is 12.5. The van der Waals surface area contributed by atoms with Gasteiger partial charge in [0.15, 0.2) is 0 Å². The van der Waals surface area contributed by atoms with E-state index in [1.54, 1.807) is 19.1 Å². The third-order valence-electron chi connectivity index (χ3n) is 5.03. The highest BCUT2D eigenvalue weighted by Crippen LogP contribution is 2.19. The van der Waals surface area contributed by atoms with E-state index in [0.717, 1.165) is 11.3 Å². The highest BCUT2D eigenvalue weighted by atomic mass is 16.5. The highest BCUT2D eigenvalue weighted by Gasteiger charge is 2.31. The van der Waals surface area contributed by atoms with Crippen LogP contribution in [0.25, 0.3) is 0 Å². The summed E-state index contributed by atoms with van der Waals surface area (Å²) in [4.78, 5) is 29.0. The van der Waals surface area contributed by atoms with Crippen molar-refractivity contribution < 1.29 is 14.1 Å². The van der Waals surface area contributed by atoms with Gasteiger partial charge >= 0.3 is 0 Å². The number of nitrogens with zero attached hydrogens (tertiary/aromatic N) is 2. The second kappa shape index (κ2) is 9.08. The van der Waals surface area contributed by atoms with Gasteiger partial charge in [-0.3, -0.25) is 9.59 Å². The van der Waals surface area contributed by atoms with E-state index < -0.39 is 6.04 Å². The van der Waals surface area contributed by atoms with Gasteiger partial charge in [-0.1, -0.05) is 11.2 Å². The van der Waals surface area contributed by atoms with Gasteiger partial charge in [-0.05, 0) is 50.4 Å². The molecule has 2 amide bonds. The highest BCUT2D eigenvalue weighted by molar-refractivity contribution is 6.30. The molecule has 0 bridgehead atoms. The van der Waals surface area contributed by atoms with E-state index in [0.29, 0.717) is 43.1 Å². The van der Waals surface area contributed by atoms with E-state index in [2.05, 4.69) is 26.1 Å². The molecule has 5 N–H and O–H groups in total. The van der Waals surface area contributed by atoms with Crippen molar-refractivity contribution in [2.75, 3.05) is 12.3 Å². The number of carbonyl (C=O) groups excluding carboxylic acids is 2. The molecular weight excluding hydrogens is 371 g/mol. The van der Waals surface area contributed by atoms with Gasteiger partial charge in [0, 0.05) is 24.3 Å². The normalized spacial score (nSPS) is 19.7. The Balaban J connectivity index is 1.44. The Morgan fingerprint density at radius 2 is 2.24 bits per heavy atom. The molecule has 2 aromatic heterocycles. The number of carbonyl (C=O) groups is 2. The average Bonchev–Trinajstić information content (AvgIpc) is 3.30. The quantitative estimate of drug-likeness (QED) is 0.445. The molecule has 3 rings (SSSR count). The van der Waals surface area contributed by atoms with Crippen LogP contribution in [0.4, 0.5) is 5.82 Å². The van der Waals surface area contributed by atoms with Gasteiger partial charge in [0.25, 0.3) is 0 Å². The molecule has 0 spiro atoms. The lowest BCUT2D eigenvalue weighted by Gasteiger charge is -2.17. The van der Waals surface area contributed by atoms with Crippen molar-refractivity contribution in [1.82, 2.24) is 26.1 Å². The zero-order valence-electron chi connectivity index (χ0n) is 16.6. The third-order valence-corrected chi connectivity index (χ3v) is 5.03. The maximum absolute atomic E-state index is 12.5. The van der Waals surface area contributed by atoms with Crippen molar-refractivity contribution >= 4 is 31.1 Å². The summed E-state index contributed by atoms with van der Waals surface area (Å²) in [5.41, 5.74) is 7.62. The van der Waals surface area contributed by atoms with Gasteiger partial charge in [0.2, 0.25) is 11.8 Å². The smallest absolute Gasteiger partial charge is 0.242 e. The van der Waals surface area contributed by atoms with Gasteiger partial charge in [-0.15, -0.1) is 0 Å². The van der Waals surface area contributed by atoms with Crippen LogP contribution in [0.2, 0.25) is 0 Å². The lowest BCUT2D eigenvalue weighted by atomic mass is 9.98. The second-order valence-corrected chi connectivity index (χ2v) is 7.41. The Bertz CT molecular complexity index is 887. The molecule has 1 aliphatic rings.